The van der Waals surface area contributed by atoms with Gasteiger partial charge in [-0.3, -0.25) is 0 Å². The van der Waals surface area contributed by atoms with Crippen molar-refractivity contribution >= 4 is 31.6 Å². The SMILES string of the molecule is Cc1c(S(N)(=O)=O)ccc(N)c1Br. The first-order valence-corrected chi connectivity index (χ1v) is 5.75. The Labute approximate surface area is 85.1 Å². The summed E-state index contributed by atoms with van der Waals surface area (Å²) in [7, 11) is -3.66. The summed E-state index contributed by atoms with van der Waals surface area (Å²) in [5.41, 5.74) is 6.57. The third-order valence-corrected chi connectivity index (χ3v) is 3.78. The molecule has 1 aromatic rings. The van der Waals surface area contributed by atoms with Gasteiger partial charge in [-0.2, -0.15) is 0 Å². The molecule has 6 heteroatoms. The van der Waals surface area contributed by atoms with Gasteiger partial charge in [-0.15, -0.1) is 0 Å². The van der Waals surface area contributed by atoms with E-state index < -0.39 is 10.0 Å². The largest absolute Gasteiger partial charge is 0.398 e. The number of sulfonamides is 1. The van der Waals surface area contributed by atoms with Crippen LogP contribution < -0.4 is 10.9 Å². The molecule has 0 radical (unpaired) electrons. The summed E-state index contributed by atoms with van der Waals surface area (Å²) in [6.45, 7) is 1.64. The Kier molecular flexibility index (Phi) is 2.65. The fraction of sp³-hybridized carbons (Fsp3) is 0.143. The van der Waals surface area contributed by atoms with Crippen LogP contribution >= 0.6 is 15.9 Å². The van der Waals surface area contributed by atoms with Crippen molar-refractivity contribution in [1.29, 1.82) is 0 Å². The first kappa shape index (κ1) is 10.5. The smallest absolute Gasteiger partial charge is 0.238 e. The summed E-state index contributed by atoms with van der Waals surface area (Å²) >= 11 is 3.18. The average Bonchev–Trinajstić information content (AvgIpc) is 1.98. The topological polar surface area (TPSA) is 86.2 Å². The molecule has 0 saturated carbocycles. The number of primary sulfonamides is 1. The predicted molar refractivity (Wildman–Crippen MR) is 54.7 cm³/mol. The van der Waals surface area contributed by atoms with Crippen molar-refractivity contribution in [3.05, 3.63) is 22.2 Å². The quantitative estimate of drug-likeness (QED) is 0.742. The summed E-state index contributed by atoms with van der Waals surface area (Å²) in [6.07, 6.45) is 0. The molecule has 1 rings (SSSR count). The zero-order valence-electron chi connectivity index (χ0n) is 6.91. The van der Waals surface area contributed by atoms with Crippen LogP contribution in [-0.4, -0.2) is 8.42 Å². The van der Waals surface area contributed by atoms with Crippen LogP contribution in [0.3, 0.4) is 0 Å². The van der Waals surface area contributed by atoms with Gasteiger partial charge in [0.15, 0.2) is 0 Å². The number of rotatable bonds is 1. The maximum absolute atomic E-state index is 11.0. The number of anilines is 1. The van der Waals surface area contributed by atoms with E-state index in [1.807, 2.05) is 0 Å². The Balaban J connectivity index is 3.53. The first-order chi connectivity index (χ1) is 5.84. The normalized spacial score (nSPS) is 11.6. The number of nitrogens with two attached hydrogens (primary N) is 2. The van der Waals surface area contributed by atoms with E-state index in [1.54, 1.807) is 6.92 Å². The molecule has 0 fully saturated rings. The summed E-state index contributed by atoms with van der Waals surface area (Å²) < 4.78 is 22.6. The van der Waals surface area contributed by atoms with Crippen LogP contribution in [0.5, 0.6) is 0 Å². The third kappa shape index (κ3) is 2.01. The van der Waals surface area contributed by atoms with Gasteiger partial charge in [0.2, 0.25) is 10.0 Å². The molecule has 0 heterocycles. The zero-order chi connectivity index (χ0) is 10.2. The Morgan fingerprint density at radius 3 is 2.38 bits per heavy atom. The van der Waals surface area contributed by atoms with Crippen molar-refractivity contribution in [1.82, 2.24) is 0 Å². The molecule has 0 unspecified atom stereocenters. The van der Waals surface area contributed by atoms with Gasteiger partial charge in [-0.1, -0.05) is 0 Å². The van der Waals surface area contributed by atoms with Gasteiger partial charge in [-0.25, -0.2) is 13.6 Å². The van der Waals surface area contributed by atoms with Crippen LogP contribution in [-0.2, 0) is 10.0 Å². The van der Waals surface area contributed by atoms with Gasteiger partial charge in [0, 0.05) is 10.2 Å². The van der Waals surface area contributed by atoms with Crippen LogP contribution in [0.2, 0.25) is 0 Å². The predicted octanol–water partition coefficient (Wildman–Crippen LogP) is 0.987. The minimum Gasteiger partial charge on any atom is -0.398 e. The van der Waals surface area contributed by atoms with Crippen LogP contribution in [0.1, 0.15) is 5.56 Å². The molecule has 72 valence electrons. The van der Waals surface area contributed by atoms with Crippen molar-refractivity contribution < 1.29 is 8.42 Å². The van der Waals surface area contributed by atoms with Crippen LogP contribution in [0.25, 0.3) is 0 Å². The van der Waals surface area contributed by atoms with E-state index in [-0.39, 0.29) is 4.90 Å². The molecule has 0 aliphatic carbocycles. The Morgan fingerprint density at radius 1 is 1.38 bits per heavy atom. The standard InChI is InChI=1S/C7H9BrN2O2S/c1-4-6(13(10,11)12)3-2-5(9)7(4)8/h2-3H,9H2,1H3,(H2,10,11,12). The molecule has 1 aromatic carbocycles. The van der Waals surface area contributed by atoms with Gasteiger partial charge in [-0.05, 0) is 40.5 Å². The molecule has 4 N–H and O–H groups in total. The van der Waals surface area contributed by atoms with E-state index in [2.05, 4.69) is 15.9 Å². The zero-order valence-corrected chi connectivity index (χ0v) is 9.31. The van der Waals surface area contributed by atoms with Crippen LogP contribution in [0.4, 0.5) is 5.69 Å². The Morgan fingerprint density at radius 2 is 1.92 bits per heavy atom. The second kappa shape index (κ2) is 3.28. The first-order valence-electron chi connectivity index (χ1n) is 3.41. The Bertz CT molecular complexity index is 442. The van der Waals surface area contributed by atoms with E-state index in [0.29, 0.717) is 15.7 Å². The molecule has 0 aliphatic heterocycles. The fourth-order valence-corrected chi connectivity index (χ4v) is 2.26. The second-order valence-electron chi connectivity index (χ2n) is 2.64. The number of benzene rings is 1. The molecule has 0 amide bonds. The van der Waals surface area contributed by atoms with Crippen molar-refractivity contribution in [3.63, 3.8) is 0 Å². The van der Waals surface area contributed by atoms with E-state index in [1.165, 1.54) is 12.1 Å². The van der Waals surface area contributed by atoms with E-state index in [0.717, 1.165) is 0 Å². The minimum atomic E-state index is -3.66. The fourth-order valence-electron chi connectivity index (χ4n) is 0.997. The van der Waals surface area contributed by atoms with Gasteiger partial charge in [0.1, 0.15) is 0 Å². The number of halogens is 1. The summed E-state index contributed by atoms with van der Waals surface area (Å²) in [5.74, 6) is 0. The highest BCUT2D eigenvalue weighted by Crippen LogP contribution is 2.28. The van der Waals surface area contributed by atoms with Crippen molar-refractivity contribution in [2.75, 3.05) is 5.73 Å². The highest BCUT2D eigenvalue weighted by Gasteiger charge is 2.14. The van der Waals surface area contributed by atoms with Gasteiger partial charge in [0.25, 0.3) is 0 Å². The summed E-state index contributed by atoms with van der Waals surface area (Å²) in [5, 5.41) is 4.99. The average molecular weight is 265 g/mol. The van der Waals surface area contributed by atoms with Crippen LogP contribution in [0.15, 0.2) is 21.5 Å². The molecule has 0 atom stereocenters. The second-order valence-corrected chi connectivity index (χ2v) is 4.96. The molecule has 0 saturated heterocycles. The molecule has 0 aromatic heterocycles. The lowest BCUT2D eigenvalue weighted by atomic mass is 10.2. The molecule has 0 bridgehead atoms. The number of nitrogen functional groups attached to an aromatic ring is 1. The van der Waals surface area contributed by atoms with E-state index >= 15 is 0 Å². The highest BCUT2D eigenvalue weighted by atomic mass is 79.9. The lowest BCUT2D eigenvalue weighted by Gasteiger charge is -2.07. The van der Waals surface area contributed by atoms with Crippen LogP contribution in [0, 0.1) is 6.92 Å². The summed E-state index contributed by atoms with van der Waals surface area (Å²) in [6, 6.07) is 2.89. The van der Waals surface area contributed by atoms with E-state index in [9.17, 15) is 8.42 Å². The molecular formula is C7H9BrN2O2S. The van der Waals surface area contributed by atoms with E-state index in [4.69, 9.17) is 10.9 Å². The number of hydrogen-bond donors (Lipinski definition) is 2. The molecule has 0 spiro atoms. The highest BCUT2D eigenvalue weighted by molar-refractivity contribution is 9.10. The molecule has 4 nitrogen and oxygen atoms in total. The third-order valence-electron chi connectivity index (χ3n) is 1.67. The maximum atomic E-state index is 11.0. The van der Waals surface area contributed by atoms with Crippen molar-refractivity contribution in [2.24, 2.45) is 5.14 Å². The monoisotopic (exact) mass is 264 g/mol. The maximum Gasteiger partial charge on any atom is 0.238 e. The molecule has 13 heavy (non-hydrogen) atoms. The van der Waals surface area contributed by atoms with Crippen molar-refractivity contribution in [3.8, 4) is 0 Å². The molecular weight excluding hydrogens is 256 g/mol. The lowest BCUT2D eigenvalue weighted by molar-refractivity contribution is 0.597. The number of hydrogen-bond acceptors (Lipinski definition) is 3. The minimum absolute atomic E-state index is 0.0913. The van der Waals surface area contributed by atoms with Crippen molar-refractivity contribution in [2.45, 2.75) is 11.8 Å². The molecule has 0 aliphatic rings. The lowest BCUT2D eigenvalue weighted by Crippen LogP contribution is -2.14. The summed E-state index contributed by atoms with van der Waals surface area (Å²) in [4.78, 5) is 0.0913. The Hall–Kier alpha value is -0.590. The van der Waals surface area contributed by atoms with Gasteiger partial charge >= 0.3 is 0 Å². The van der Waals surface area contributed by atoms with Gasteiger partial charge in [0.05, 0.1) is 4.90 Å². The van der Waals surface area contributed by atoms with Gasteiger partial charge < -0.3 is 5.73 Å².